The highest BCUT2D eigenvalue weighted by Gasteiger charge is 2.25. The first-order valence-electron chi connectivity index (χ1n) is 6.28. The lowest BCUT2D eigenvalue weighted by molar-refractivity contribution is 0.544. The first-order chi connectivity index (χ1) is 8.67. The summed E-state index contributed by atoms with van der Waals surface area (Å²) in [5.74, 6) is 2.15. The van der Waals surface area contributed by atoms with Crippen molar-refractivity contribution < 1.29 is 8.42 Å². The lowest BCUT2D eigenvalue weighted by Crippen LogP contribution is -2.41. The summed E-state index contributed by atoms with van der Waals surface area (Å²) >= 11 is 0. The van der Waals surface area contributed by atoms with Crippen molar-refractivity contribution in [3.8, 4) is 0 Å². The predicted molar refractivity (Wildman–Crippen MR) is 76.0 cm³/mol. The first-order valence-corrected chi connectivity index (χ1v) is 8.10. The fourth-order valence-corrected chi connectivity index (χ4v) is 3.09. The van der Waals surface area contributed by atoms with Gasteiger partial charge in [-0.1, -0.05) is 20.8 Å². The van der Waals surface area contributed by atoms with Gasteiger partial charge in [-0.3, -0.25) is 0 Å². The number of rotatable bonds is 1. The van der Waals surface area contributed by atoms with Gasteiger partial charge in [-0.25, -0.2) is 18.4 Å². The molecule has 1 aromatic heterocycles. The maximum Gasteiger partial charge on any atom is 0.153 e. The van der Waals surface area contributed by atoms with E-state index in [1.165, 1.54) is 0 Å². The number of hydrogen-bond acceptors (Lipinski definition) is 6. The Labute approximate surface area is 114 Å². The normalized spacial score (nSPS) is 19.4. The summed E-state index contributed by atoms with van der Waals surface area (Å²) in [5.41, 5.74) is 5.63. The van der Waals surface area contributed by atoms with E-state index in [9.17, 15) is 8.42 Å². The average molecular weight is 284 g/mol. The Morgan fingerprint density at radius 1 is 1.21 bits per heavy atom. The highest BCUT2D eigenvalue weighted by molar-refractivity contribution is 7.91. The van der Waals surface area contributed by atoms with Crippen LogP contribution in [0.25, 0.3) is 0 Å². The van der Waals surface area contributed by atoms with E-state index in [1.54, 1.807) is 6.07 Å². The average Bonchev–Trinajstić information content (AvgIpc) is 2.26. The molecule has 1 saturated heterocycles. The van der Waals surface area contributed by atoms with E-state index in [2.05, 4.69) is 9.97 Å². The molecule has 0 aliphatic carbocycles. The summed E-state index contributed by atoms with van der Waals surface area (Å²) in [5, 5.41) is 0. The summed E-state index contributed by atoms with van der Waals surface area (Å²) in [6, 6.07) is 1.70. The minimum absolute atomic E-state index is 0.168. The number of nitrogens with two attached hydrogens (primary N) is 1. The van der Waals surface area contributed by atoms with Crippen molar-refractivity contribution in [1.82, 2.24) is 9.97 Å². The van der Waals surface area contributed by atoms with Crippen LogP contribution in [0.1, 0.15) is 26.6 Å². The van der Waals surface area contributed by atoms with E-state index >= 15 is 0 Å². The molecule has 106 valence electrons. The molecule has 0 spiro atoms. The quantitative estimate of drug-likeness (QED) is 0.812. The van der Waals surface area contributed by atoms with Crippen molar-refractivity contribution >= 4 is 21.5 Å². The van der Waals surface area contributed by atoms with E-state index < -0.39 is 9.84 Å². The van der Waals surface area contributed by atoms with Gasteiger partial charge >= 0.3 is 0 Å². The van der Waals surface area contributed by atoms with Crippen molar-refractivity contribution in [2.24, 2.45) is 0 Å². The lowest BCUT2D eigenvalue weighted by Gasteiger charge is -2.29. The van der Waals surface area contributed by atoms with Gasteiger partial charge in [0.25, 0.3) is 0 Å². The maximum absolute atomic E-state index is 11.4. The van der Waals surface area contributed by atoms with Crippen molar-refractivity contribution in [1.29, 1.82) is 0 Å². The van der Waals surface area contributed by atoms with E-state index in [1.807, 2.05) is 25.7 Å². The smallest absolute Gasteiger partial charge is 0.153 e. The molecule has 19 heavy (non-hydrogen) atoms. The first kappa shape index (κ1) is 14.0. The standard InChI is InChI=1S/C12H20N4O2S/c1-12(2,3)11-14-9(13)8-10(15-11)16-4-6-19(17,18)7-5-16/h8H,4-7H2,1-3H3,(H2,13,14,15). The Hall–Kier alpha value is -1.37. The zero-order valence-corrected chi connectivity index (χ0v) is 12.4. The molecule has 2 N–H and O–H groups in total. The molecule has 0 unspecified atom stereocenters. The highest BCUT2D eigenvalue weighted by Crippen LogP contribution is 2.23. The van der Waals surface area contributed by atoms with Gasteiger partial charge in [-0.15, -0.1) is 0 Å². The number of aromatic nitrogens is 2. The Morgan fingerprint density at radius 3 is 2.32 bits per heavy atom. The molecule has 0 aromatic carbocycles. The van der Waals surface area contributed by atoms with E-state index in [0.717, 1.165) is 0 Å². The van der Waals surface area contributed by atoms with Crippen LogP contribution in [0.3, 0.4) is 0 Å². The number of nitrogens with zero attached hydrogens (tertiary/aromatic N) is 3. The minimum atomic E-state index is -2.89. The Kier molecular flexibility index (Phi) is 3.42. The molecule has 0 amide bonds. The van der Waals surface area contributed by atoms with Crippen molar-refractivity contribution in [3.05, 3.63) is 11.9 Å². The molecule has 1 aliphatic rings. The maximum atomic E-state index is 11.4. The van der Waals surface area contributed by atoms with Gasteiger partial charge in [0.15, 0.2) is 9.84 Å². The van der Waals surface area contributed by atoms with Gasteiger partial charge in [0.2, 0.25) is 0 Å². The van der Waals surface area contributed by atoms with Crippen LogP contribution < -0.4 is 10.6 Å². The summed E-state index contributed by atoms with van der Waals surface area (Å²) in [7, 11) is -2.89. The summed E-state index contributed by atoms with van der Waals surface area (Å²) in [4.78, 5) is 10.7. The summed E-state index contributed by atoms with van der Waals surface area (Å²) in [6.07, 6.45) is 0. The molecule has 6 nitrogen and oxygen atoms in total. The van der Waals surface area contributed by atoms with Gasteiger partial charge in [-0.05, 0) is 0 Å². The number of hydrogen-bond donors (Lipinski definition) is 1. The molecule has 0 saturated carbocycles. The van der Waals surface area contributed by atoms with Gasteiger partial charge in [0.05, 0.1) is 11.5 Å². The van der Waals surface area contributed by atoms with Crippen LogP contribution in [0.5, 0.6) is 0 Å². The highest BCUT2D eigenvalue weighted by atomic mass is 32.2. The van der Waals surface area contributed by atoms with Gasteiger partial charge in [0, 0.05) is 24.6 Å². The van der Waals surface area contributed by atoms with E-state index in [0.29, 0.717) is 30.5 Å². The molecular formula is C12H20N4O2S. The minimum Gasteiger partial charge on any atom is -0.384 e. The number of sulfone groups is 1. The van der Waals surface area contributed by atoms with Crippen molar-refractivity contribution in [2.45, 2.75) is 26.2 Å². The number of anilines is 2. The largest absolute Gasteiger partial charge is 0.384 e. The zero-order valence-electron chi connectivity index (χ0n) is 11.5. The van der Waals surface area contributed by atoms with Crippen LogP contribution in [-0.2, 0) is 15.3 Å². The van der Waals surface area contributed by atoms with Gasteiger partial charge in [0.1, 0.15) is 17.5 Å². The zero-order chi connectivity index (χ0) is 14.3. The topological polar surface area (TPSA) is 89.2 Å². The molecule has 1 fully saturated rings. The molecule has 2 rings (SSSR count). The van der Waals surface area contributed by atoms with Crippen LogP contribution in [0.4, 0.5) is 11.6 Å². The monoisotopic (exact) mass is 284 g/mol. The van der Waals surface area contributed by atoms with E-state index in [4.69, 9.17) is 5.73 Å². The third-order valence-electron chi connectivity index (χ3n) is 3.07. The summed E-state index contributed by atoms with van der Waals surface area (Å²) < 4.78 is 22.9. The van der Waals surface area contributed by atoms with Crippen LogP contribution in [-0.4, -0.2) is 43.0 Å². The number of nitrogen functional groups attached to an aromatic ring is 1. The van der Waals surface area contributed by atoms with Gasteiger partial charge < -0.3 is 10.6 Å². The van der Waals surface area contributed by atoms with Crippen LogP contribution in [0.2, 0.25) is 0 Å². The predicted octanol–water partition coefficient (Wildman–Crippen LogP) is 0.591. The molecule has 7 heteroatoms. The molecule has 2 heterocycles. The fourth-order valence-electron chi connectivity index (χ4n) is 1.89. The second kappa shape index (κ2) is 4.63. The van der Waals surface area contributed by atoms with Gasteiger partial charge in [-0.2, -0.15) is 0 Å². The second-order valence-corrected chi connectivity index (χ2v) is 8.17. The molecular weight excluding hydrogens is 264 g/mol. The molecule has 0 radical (unpaired) electrons. The molecule has 1 aromatic rings. The third-order valence-corrected chi connectivity index (χ3v) is 4.68. The third kappa shape index (κ3) is 3.34. The van der Waals surface area contributed by atoms with Crippen molar-refractivity contribution in [2.75, 3.05) is 35.2 Å². The molecule has 0 atom stereocenters. The van der Waals surface area contributed by atoms with Crippen LogP contribution in [0.15, 0.2) is 6.07 Å². The second-order valence-electron chi connectivity index (χ2n) is 5.86. The van der Waals surface area contributed by atoms with Crippen LogP contribution >= 0.6 is 0 Å². The Bertz CT molecular complexity index is 564. The molecule has 0 bridgehead atoms. The Balaban J connectivity index is 2.29. The SMILES string of the molecule is CC(C)(C)c1nc(N)cc(N2CCS(=O)(=O)CC2)n1. The van der Waals surface area contributed by atoms with Crippen LogP contribution in [0, 0.1) is 0 Å². The molecule has 1 aliphatic heterocycles. The summed E-state index contributed by atoms with van der Waals surface area (Å²) in [6.45, 7) is 6.98. The van der Waals surface area contributed by atoms with Crippen molar-refractivity contribution in [3.63, 3.8) is 0 Å². The lowest BCUT2D eigenvalue weighted by atomic mass is 9.96. The fraction of sp³-hybridized carbons (Fsp3) is 0.667. The Morgan fingerprint density at radius 2 is 1.79 bits per heavy atom. The van der Waals surface area contributed by atoms with E-state index in [-0.39, 0.29) is 16.9 Å².